The van der Waals surface area contributed by atoms with Crippen molar-refractivity contribution in [3.05, 3.63) is 273 Å². The molecule has 1 aliphatic heterocycles. The number of aromatic nitrogens is 12. The van der Waals surface area contributed by atoms with Crippen molar-refractivity contribution in [3.8, 4) is 16.8 Å². The number of nitrogens with zero attached hydrogens (tertiary/aromatic N) is 12. The van der Waals surface area contributed by atoms with Crippen molar-refractivity contribution in [2.24, 2.45) is 0 Å². The minimum Gasteiger partial charge on any atom is -0.401 e. The predicted molar refractivity (Wildman–Crippen MR) is 394 cm³/mol. The fourth-order valence-corrected chi connectivity index (χ4v) is 14.5. The van der Waals surface area contributed by atoms with Crippen LogP contribution < -0.4 is 0 Å². The molecule has 0 saturated heterocycles. The summed E-state index contributed by atoms with van der Waals surface area (Å²) in [4.78, 5) is 26.6. The second-order valence-corrected chi connectivity index (χ2v) is 24.1. The summed E-state index contributed by atoms with van der Waals surface area (Å²) in [5.41, 5.74) is 25.9. The maximum absolute atomic E-state index is 4.61. The Hall–Kier alpha value is -8.51. The van der Waals surface area contributed by atoms with Gasteiger partial charge in [-0.05, 0) is 170 Å². The smallest absolute Gasteiger partial charge is 0.0452 e. The molecule has 0 aliphatic carbocycles. The van der Waals surface area contributed by atoms with Crippen LogP contribution in [-0.2, 0) is 140 Å². The van der Waals surface area contributed by atoms with Crippen LogP contribution in [0.25, 0.3) is 148 Å². The molecule has 7 aromatic carbocycles. The van der Waals surface area contributed by atoms with Gasteiger partial charge in [0.15, 0.2) is 0 Å². The van der Waals surface area contributed by atoms with E-state index in [9.17, 15) is 0 Å². The molecule has 19 aromatic rings. The van der Waals surface area contributed by atoms with Crippen molar-refractivity contribution >= 4 is 131 Å². The van der Waals surface area contributed by atoms with Crippen molar-refractivity contribution in [2.75, 3.05) is 0 Å². The summed E-state index contributed by atoms with van der Waals surface area (Å²) in [5.74, 6) is 0. The van der Waals surface area contributed by atoms with Crippen LogP contribution in [0.15, 0.2) is 231 Å². The Morgan fingerprint density at radius 3 is 1.40 bits per heavy atom. The van der Waals surface area contributed by atoms with Gasteiger partial charge in [0.1, 0.15) is 0 Å². The first-order valence-corrected chi connectivity index (χ1v) is 33.1. The Bertz CT molecular complexity index is 6020. The average Bonchev–Trinajstić information content (AvgIpc) is 1.49. The van der Waals surface area contributed by atoms with E-state index in [0.717, 1.165) is 104 Å². The molecule has 0 bridgehead atoms. The second-order valence-electron chi connectivity index (χ2n) is 24.1. The zero-order chi connectivity index (χ0) is 64.8. The summed E-state index contributed by atoms with van der Waals surface area (Å²) in [7, 11) is 0. The van der Waals surface area contributed by atoms with Crippen LogP contribution in [0, 0.1) is 37.3 Å². The summed E-state index contributed by atoms with van der Waals surface area (Å²) >= 11 is 0. The Kier molecular flexibility index (Phi) is 23.5. The molecule has 513 valence electrons. The molecule has 17 heteroatoms. The van der Waals surface area contributed by atoms with Crippen LogP contribution in [0.3, 0.4) is 0 Å². The molecule has 0 N–H and O–H groups in total. The molecule has 0 amide bonds. The molecule has 12 nitrogen and oxygen atoms in total. The third-order valence-electron chi connectivity index (χ3n) is 18.7. The third kappa shape index (κ3) is 13.3. The Labute approximate surface area is 653 Å². The predicted octanol–water partition coefficient (Wildman–Crippen LogP) is 19.4. The Morgan fingerprint density at radius 1 is 0.376 bits per heavy atom. The molecule has 13 heterocycles. The summed E-state index contributed by atoms with van der Waals surface area (Å²) < 4.78 is 13.9. The summed E-state index contributed by atoms with van der Waals surface area (Å²) in [6, 6.07) is 82.1. The van der Waals surface area contributed by atoms with Gasteiger partial charge in [-0.3, -0.25) is 4.98 Å². The number of hydrogen-bond acceptors (Lipinski definition) is 6. The summed E-state index contributed by atoms with van der Waals surface area (Å²) in [5, 5.41) is 8.09. The molecule has 0 atom stereocenters. The van der Waals surface area contributed by atoms with Crippen molar-refractivity contribution in [3.63, 3.8) is 0 Å². The minimum absolute atomic E-state index is 0. The number of hydrogen-bond donors (Lipinski definition) is 0. The van der Waals surface area contributed by atoms with E-state index in [1.165, 1.54) is 101 Å². The molecule has 0 saturated carbocycles. The maximum Gasteiger partial charge on any atom is 0.0452 e. The molecule has 0 unspecified atom stereocenters. The van der Waals surface area contributed by atoms with E-state index in [2.05, 4.69) is 268 Å². The van der Waals surface area contributed by atoms with E-state index in [0.29, 0.717) is 0 Å². The molecule has 0 fully saturated rings. The van der Waals surface area contributed by atoms with E-state index < -0.39 is 0 Å². The standard InChI is InChI=1S/C25H18N3.C19H15N2.C14H11N2.C14H13N2.C12H10N3.5Ir/c1-2-27-23-12-7-15-26-25(23)20-14-13-17(16-24(20)27)28-21-10-5-3-8-18(21)19-9-4-6-11-22(19)28;1-2-21-17-9-6-12-20-19(17)16-11-10-15(13-18(16)21)14-7-4-3-5-8-14;1-2-6-12-11(5-1)13-14-10(7-8-15-13)4-3-9-16(12)14;1-3-16-12-5-4-8-15-14(12)11-7-6-10(2)9-13(11)16;1-2-15-10-4-3-6-14-12(10)9-5-7-13-8-11(9)15;;;;;/h3-13,15-16H,2H2,1H3;3-10,12-13H,2H2,1H3;1-2,6-8H,3-4,9H2;4-6,8-9H,3H2,1-2H3;3-4,6-8H,2H2,1H3;;;;;/q5*-1;;;;;. The van der Waals surface area contributed by atoms with E-state index in [1.807, 2.05) is 79.6 Å². The van der Waals surface area contributed by atoms with Crippen LogP contribution >= 0.6 is 0 Å². The molecule has 1 aliphatic rings. The summed E-state index contributed by atoms with van der Waals surface area (Å²) in [6.07, 6.45) is 15.3. The molecule has 12 aromatic heterocycles. The molecular weight excluding hydrogens is 2140 g/mol. The fourth-order valence-electron chi connectivity index (χ4n) is 14.5. The van der Waals surface area contributed by atoms with E-state index in [4.69, 9.17) is 0 Å². The largest absolute Gasteiger partial charge is 0.401 e. The van der Waals surface area contributed by atoms with Gasteiger partial charge < -0.3 is 52.3 Å². The molecular formula is C84H67Ir5N12-5. The molecule has 5 radical (unpaired) electrons. The van der Waals surface area contributed by atoms with Crippen LogP contribution in [0.4, 0.5) is 0 Å². The van der Waals surface area contributed by atoms with Crippen LogP contribution in [0.5, 0.6) is 0 Å². The second kappa shape index (κ2) is 32.2. The zero-order valence-electron chi connectivity index (χ0n) is 55.9. The minimum atomic E-state index is 0. The third-order valence-corrected chi connectivity index (χ3v) is 18.7. The number of pyridine rings is 6. The SMILES string of the molecule is CCn1c2cc(-c3ccccc3)c[c-]c2c2ncccc21.CCn1c2cc(-n3c4ccccc4c4ccccc43)c[c-]c2c2ncccc21.CCn1c2cc(C)c[c-]c2c2ncccc21.CCn1c2cnc[c-]c2c2ncccc21.[Ir].[Ir].[Ir].[Ir].[Ir].[c-]1cccc2c1c1nccc3c1n2CCC3. The van der Waals surface area contributed by atoms with Crippen LogP contribution in [0.1, 0.15) is 45.2 Å². The summed E-state index contributed by atoms with van der Waals surface area (Å²) in [6.45, 7) is 15.5. The average molecular weight is 2210 g/mol. The van der Waals surface area contributed by atoms with Gasteiger partial charge in [-0.15, -0.1) is 83.7 Å². The zero-order valence-corrected chi connectivity index (χ0v) is 67.9. The molecule has 101 heavy (non-hydrogen) atoms. The maximum atomic E-state index is 4.61. The van der Waals surface area contributed by atoms with Gasteiger partial charge in [0, 0.05) is 230 Å². The monoisotopic (exact) mass is 2210 g/mol. The van der Waals surface area contributed by atoms with Crippen molar-refractivity contribution < 1.29 is 101 Å². The van der Waals surface area contributed by atoms with Gasteiger partial charge in [-0.1, -0.05) is 112 Å². The molecule has 0 spiro atoms. The van der Waals surface area contributed by atoms with Gasteiger partial charge in [0.25, 0.3) is 0 Å². The van der Waals surface area contributed by atoms with Gasteiger partial charge in [-0.2, -0.15) is 6.07 Å². The number of aryl methyl sites for hydroxylation is 7. The fraction of sp³-hybridized carbons (Fsp3) is 0.143. The number of fused-ring (bicyclic) bond motifs is 18. The van der Waals surface area contributed by atoms with Crippen LogP contribution in [0.2, 0.25) is 0 Å². The van der Waals surface area contributed by atoms with E-state index >= 15 is 0 Å². The van der Waals surface area contributed by atoms with E-state index in [1.54, 1.807) is 6.20 Å². The van der Waals surface area contributed by atoms with Crippen molar-refractivity contribution in [2.45, 2.75) is 80.2 Å². The first-order chi connectivity index (χ1) is 47.4. The van der Waals surface area contributed by atoms with Crippen molar-refractivity contribution in [1.29, 1.82) is 0 Å². The Balaban J connectivity index is 0.000000128. The topological polar surface area (TPSA) is 107 Å². The van der Waals surface area contributed by atoms with Gasteiger partial charge in [0.05, 0.1) is 0 Å². The van der Waals surface area contributed by atoms with Gasteiger partial charge in [0.2, 0.25) is 0 Å². The first kappa shape index (κ1) is 73.7. The van der Waals surface area contributed by atoms with Crippen LogP contribution in [-0.4, -0.2) is 57.3 Å². The number of rotatable bonds is 6. The first-order valence-electron chi connectivity index (χ1n) is 33.1. The van der Waals surface area contributed by atoms with Gasteiger partial charge in [-0.25, -0.2) is 0 Å². The van der Waals surface area contributed by atoms with Crippen molar-refractivity contribution in [1.82, 2.24) is 57.3 Å². The number of benzene rings is 7. The normalized spacial score (nSPS) is 11.5. The molecule has 20 rings (SSSR count). The Morgan fingerprint density at radius 2 is 0.832 bits per heavy atom. The van der Waals surface area contributed by atoms with E-state index in [-0.39, 0.29) is 101 Å². The number of para-hydroxylation sites is 2. The van der Waals surface area contributed by atoms with Gasteiger partial charge >= 0.3 is 0 Å². The quantitative estimate of drug-likeness (QED) is 0.154.